The van der Waals surface area contributed by atoms with Gasteiger partial charge in [-0.1, -0.05) is 29.4 Å². The molecule has 0 aliphatic heterocycles. The van der Waals surface area contributed by atoms with Crippen molar-refractivity contribution in [2.45, 2.75) is 6.42 Å². The second-order valence-electron chi connectivity index (χ2n) is 5.07. The lowest BCUT2D eigenvalue weighted by Crippen LogP contribution is -2.16. The number of fused-ring (bicyclic) bond motifs is 3. The van der Waals surface area contributed by atoms with Crippen LogP contribution < -0.4 is 10.1 Å². The standard InChI is InChI=1S/C18H16N2O3/c1-19-17(21)7-4-10-23-12-8-9-14-13-5-2-3-6-15(13)18(20-22)16(14)11-12/h2-6,8-11,22H,7H2,1H3,(H,19,21)/b10-4+,20-18-. The summed E-state index contributed by atoms with van der Waals surface area (Å²) >= 11 is 0. The quantitative estimate of drug-likeness (QED) is 0.442. The van der Waals surface area contributed by atoms with E-state index in [1.54, 1.807) is 13.1 Å². The molecule has 0 atom stereocenters. The van der Waals surface area contributed by atoms with Gasteiger partial charge in [0.05, 0.1) is 6.26 Å². The van der Waals surface area contributed by atoms with Gasteiger partial charge < -0.3 is 15.3 Å². The van der Waals surface area contributed by atoms with Crippen LogP contribution in [0.5, 0.6) is 5.75 Å². The Balaban J connectivity index is 1.84. The predicted molar refractivity (Wildman–Crippen MR) is 87.8 cm³/mol. The zero-order chi connectivity index (χ0) is 16.2. The maximum atomic E-state index is 11.1. The summed E-state index contributed by atoms with van der Waals surface area (Å²) in [6.45, 7) is 0. The van der Waals surface area contributed by atoms with Crippen LogP contribution in [0.1, 0.15) is 17.5 Å². The molecular weight excluding hydrogens is 292 g/mol. The first-order valence-corrected chi connectivity index (χ1v) is 7.23. The molecule has 3 rings (SSSR count). The minimum atomic E-state index is -0.0797. The first kappa shape index (κ1) is 14.8. The van der Waals surface area contributed by atoms with E-state index in [0.29, 0.717) is 11.5 Å². The molecule has 2 aromatic carbocycles. The first-order chi connectivity index (χ1) is 11.2. The van der Waals surface area contributed by atoms with E-state index in [2.05, 4.69) is 10.5 Å². The number of rotatable bonds is 4. The Morgan fingerprint density at radius 1 is 1.17 bits per heavy atom. The Morgan fingerprint density at radius 2 is 1.91 bits per heavy atom. The fourth-order valence-electron chi connectivity index (χ4n) is 2.59. The highest BCUT2D eigenvalue weighted by Gasteiger charge is 2.25. The Labute approximate surface area is 133 Å². The summed E-state index contributed by atoms with van der Waals surface area (Å²) in [5.74, 6) is 0.537. The third-order valence-electron chi connectivity index (χ3n) is 3.70. The minimum Gasteiger partial charge on any atom is -0.465 e. The van der Waals surface area contributed by atoms with Crippen molar-refractivity contribution in [3.63, 3.8) is 0 Å². The van der Waals surface area contributed by atoms with Crippen molar-refractivity contribution in [2.75, 3.05) is 7.05 Å². The molecule has 1 aliphatic carbocycles. The van der Waals surface area contributed by atoms with Gasteiger partial charge in [-0.2, -0.15) is 0 Å². The number of ether oxygens (including phenoxy) is 1. The van der Waals surface area contributed by atoms with Crippen LogP contribution >= 0.6 is 0 Å². The SMILES string of the molecule is CNC(=O)C/C=C/Oc1ccc2c(c1)/C(=N\O)c1ccccc1-2. The van der Waals surface area contributed by atoms with Crippen LogP contribution in [-0.2, 0) is 4.79 Å². The summed E-state index contributed by atoms with van der Waals surface area (Å²) < 4.78 is 5.52. The maximum absolute atomic E-state index is 11.1. The van der Waals surface area contributed by atoms with Gasteiger partial charge in [0.15, 0.2) is 0 Å². The molecule has 1 aliphatic rings. The first-order valence-electron chi connectivity index (χ1n) is 7.23. The van der Waals surface area contributed by atoms with Gasteiger partial charge in [-0.15, -0.1) is 0 Å². The van der Waals surface area contributed by atoms with Crippen molar-refractivity contribution in [1.82, 2.24) is 5.32 Å². The zero-order valence-corrected chi connectivity index (χ0v) is 12.6. The monoisotopic (exact) mass is 308 g/mol. The Bertz CT molecular complexity index is 810. The smallest absolute Gasteiger partial charge is 0.223 e. The van der Waals surface area contributed by atoms with E-state index >= 15 is 0 Å². The molecule has 0 radical (unpaired) electrons. The van der Waals surface area contributed by atoms with E-state index in [9.17, 15) is 10.0 Å². The molecule has 116 valence electrons. The molecular formula is C18H16N2O3. The van der Waals surface area contributed by atoms with Gasteiger partial charge >= 0.3 is 0 Å². The molecule has 0 bridgehead atoms. The number of nitrogens with one attached hydrogen (secondary N) is 1. The molecule has 1 amide bonds. The highest BCUT2D eigenvalue weighted by molar-refractivity contribution is 6.24. The highest BCUT2D eigenvalue weighted by Crippen LogP contribution is 2.38. The maximum Gasteiger partial charge on any atom is 0.223 e. The van der Waals surface area contributed by atoms with Crippen LogP contribution in [0.4, 0.5) is 0 Å². The van der Waals surface area contributed by atoms with E-state index in [1.165, 1.54) is 6.26 Å². The van der Waals surface area contributed by atoms with Crippen molar-refractivity contribution < 1.29 is 14.7 Å². The number of hydrogen-bond acceptors (Lipinski definition) is 4. The lowest BCUT2D eigenvalue weighted by atomic mass is 10.1. The molecule has 23 heavy (non-hydrogen) atoms. The van der Waals surface area contributed by atoms with Crippen LogP contribution in [0.3, 0.4) is 0 Å². The Kier molecular flexibility index (Phi) is 4.10. The number of carbonyl (C=O) groups is 1. The van der Waals surface area contributed by atoms with Crippen LogP contribution in [0, 0.1) is 0 Å². The van der Waals surface area contributed by atoms with Crippen molar-refractivity contribution >= 4 is 11.6 Å². The molecule has 2 aromatic rings. The number of oxime groups is 1. The van der Waals surface area contributed by atoms with E-state index in [-0.39, 0.29) is 12.3 Å². The number of amides is 1. The summed E-state index contributed by atoms with van der Waals surface area (Å²) in [7, 11) is 1.59. The van der Waals surface area contributed by atoms with Gasteiger partial charge in [-0.05, 0) is 35.4 Å². The van der Waals surface area contributed by atoms with Gasteiger partial charge in [-0.25, -0.2) is 0 Å². The molecule has 0 fully saturated rings. The topological polar surface area (TPSA) is 70.9 Å². The summed E-state index contributed by atoms with van der Waals surface area (Å²) in [5, 5.41) is 15.3. The fraction of sp³-hybridized carbons (Fsp3) is 0.111. The number of nitrogens with zero attached hydrogens (tertiary/aromatic N) is 1. The number of carbonyl (C=O) groups excluding carboxylic acids is 1. The number of hydrogen-bond donors (Lipinski definition) is 2. The predicted octanol–water partition coefficient (Wildman–Crippen LogP) is 2.92. The summed E-state index contributed by atoms with van der Waals surface area (Å²) in [4.78, 5) is 11.1. The lowest BCUT2D eigenvalue weighted by Gasteiger charge is -2.04. The van der Waals surface area contributed by atoms with Crippen molar-refractivity contribution in [3.05, 3.63) is 65.9 Å². The lowest BCUT2D eigenvalue weighted by molar-refractivity contribution is -0.119. The molecule has 0 saturated carbocycles. The highest BCUT2D eigenvalue weighted by atomic mass is 16.5. The van der Waals surface area contributed by atoms with Gasteiger partial charge in [-0.3, -0.25) is 4.79 Å². The normalized spacial score (nSPS) is 13.9. The molecule has 0 unspecified atom stereocenters. The van der Waals surface area contributed by atoms with E-state index in [4.69, 9.17) is 4.74 Å². The van der Waals surface area contributed by atoms with Gasteiger partial charge in [0.25, 0.3) is 0 Å². The second kappa shape index (κ2) is 6.36. The largest absolute Gasteiger partial charge is 0.465 e. The zero-order valence-electron chi connectivity index (χ0n) is 12.6. The van der Waals surface area contributed by atoms with Gasteiger partial charge in [0, 0.05) is 24.6 Å². The second-order valence-corrected chi connectivity index (χ2v) is 5.07. The molecule has 5 heteroatoms. The van der Waals surface area contributed by atoms with Crippen molar-refractivity contribution in [2.24, 2.45) is 5.16 Å². The molecule has 0 heterocycles. The average Bonchev–Trinajstić information content (AvgIpc) is 2.91. The van der Waals surface area contributed by atoms with Crippen LogP contribution in [0.2, 0.25) is 0 Å². The van der Waals surface area contributed by atoms with E-state index < -0.39 is 0 Å². The van der Waals surface area contributed by atoms with Gasteiger partial charge in [0.1, 0.15) is 11.5 Å². The average molecular weight is 308 g/mol. The van der Waals surface area contributed by atoms with Crippen molar-refractivity contribution in [1.29, 1.82) is 0 Å². The number of benzene rings is 2. The Morgan fingerprint density at radius 3 is 2.65 bits per heavy atom. The third kappa shape index (κ3) is 2.81. The fourth-order valence-corrected chi connectivity index (χ4v) is 2.59. The molecule has 5 nitrogen and oxygen atoms in total. The van der Waals surface area contributed by atoms with Crippen molar-refractivity contribution in [3.8, 4) is 16.9 Å². The molecule has 0 aromatic heterocycles. The summed E-state index contributed by atoms with van der Waals surface area (Å²) in [6.07, 6.45) is 3.38. The molecule has 0 saturated heterocycles. The van der Waals surface area contributed by atoms with Crippen LogP contribution in [0.15, 0.2) is 60.0 Å². The van der Waals surface area contributed by atoms with E-state index in [1.807, 2.05) is 42.5 Å². The minimum absolute atomic E-state index is 0.0797. The van der Waals surface area contributed by atoms with E-state index in [0.717, 1.165) is 22.3 Å². The Hall–Kier alpha value is -3.08. The summed E-state index contributed by atoms with van der Waals surface area (Å²) in [6, 6.07) is 13.4. The molecule has 0 spiro atoms. The summed E-state index contributed by atoms with van der Waals surface area (Å²) in [5.41, 5.74) is 4.31. The molecule has 2 N–H and O–H groups in total. The van der Waals surface area contributed by atoms with Gasteiger partial charge in [0.2, 0.25) is 5.91 Å². The van der Waals surface area contributed by atoms with Crippen LogP contribution in [-0.4, -0.2) is 23.9 Å². The third-order valence-corrected chi connectivity index (χ3v) is 3.70. The van der Waals surface area contributed by atoms with Crippen LogP contribution in [0.25, 0.3) is 11.1 Å².